The van der Waals surface area contributed by atoms with Gasteiger partial charge in [0.1, 0.15) is 5.82 Å². The van der Waals surface area contributed by atoms with Gasteiger partial charge >= 0.3 is 5.97 Å². The minimum atomic E-state index is -1.42. The second-order valence-corrected chi connectivity index (χ2v) is 11.1. The van der Waals surface area contributed by atoms with Crippen molar-refractivity contribution in [2.45, 2.75) is 56.3 Å². The summed E-state index contributed by atoms with van der Waals surface area (Å²) in [6.45, 7) is -0.219. The van der Waals surface area contributed by atoms with Gasteiger partial charge in [0.15, 0.2) is 0 Å². The summed E-state index contributed by atoms with van der Waals surface area (Å²) in [4.78, 5) is 46.5. The van der Waals surface area contributed by atoms with Gasteiger partial charge in [-0.15, -0.1) is 0 Å². The van der Waals surface area contributed by atoms with Crippen molar-refractivity contribution in [1.82, 2.24) is 10.4 Å². The lowest BCUT2D eigenvalue weighted by Crippen LogP contribution is -2.57. The molecule has 1 saturated carbocycles. The Morgan fingerprint density at radius 2 is 1.80 bits per heavy atom. The van der Waals surface area contributed by atoms with Crippen LogP contribution in [0.15, 0.2) is 60.7 Å². The number of aromatic carboxylic acids is 1. The Balaban J connectivity index is 1.52. The second kappa shape index (κ2) is 12.2. The first kappa shape index (κ1) is 29.0. The highest BCUT2D eigenvalue weighted by atomic mass is 35.5. The largest absolute Gasteiger partial charge is 0.478 e. The third kappa shape index (κ3) is 5.81. The fourth-order valence-corrected chi connectivity index (χ4v) is 6.36. The molecule has 0 spiro atoms. The van der Waals surface area contributed by atoms with Gasteiger partial charge in [-0.05, 0) is 59.9 Å². The molecule has 3 aromatic carbocycles. The van der Waals surface area contributed by atoms with Gasteiger partial charge in [0.25, 0.3) is 11.8 Å². The highest BCUT2D eigenvalue weighted by Crippen LogP contribution is 2.47. The molecule has 4 atom stereocenters. The van der Waals surface area contributed by atoms with E-state index < -0.39 is 35.2 Å². The van der Waals surface area contributed by atoms with Gasteiger partial charge < -0.3 is 15.7 Å². The molecule has 1 aliphatic carbocycles. The minimum Gasteiger partial charge on any atom is -0.478 e. The summed E-state index contributed by atoms with van der Waals surface area (Å²) >= 11 is 12.9. The number of nitrogens with two attached hydrogens (primary N) is 1. The molecule has 4 N–H and O–H groups in total. The number of halogens is 3. The van der Waals surface area contributed by atoms with Gasteiger partial charge in [-0.1, -0.05) is 66.4 Å². The number of carbonyl (C=O) groups is 3. The van der Waals surface area contributed by atoms with Crippen molar-refractivity contribution >= 4 is 41.0 Å². The van der Waals surface area contributed by atoms with Crippen LogP contribution >= 0.6 is 23.2 Å². The van der Waals surface area contributed by atoms with E-state index >= 15 is 0 Å². The van der Waals surface area contributed by atoms with Crippen LogP contribution in [-0.2, 0) is 16.2 Å². The Morgan fingerprint density at radius 1 is 1.05 bits per heavy atom. The number of fused-ring (bicyclic) bond motifs is 1. The average Bonchev–Trinajstić information content (AvgIpc) is 2.94. The monoisotopic (exact) mass is 599 g/mol. The summed E-state index contributed by atoms with van der Waals surface area (Å²) in [6, 6.07) is 14.0. The number of hydrogen-bond donors (Lipinski definition) is 3. The van der Waals surface area contributed by atoms with E-state index in [9.17, 15) is 23.9 Å². The van der Waals surface area contributed by atoms with E-state index in [4.69, 9.17) is 33.8 Å². The molecule has 41 heavy (non-hydrogen) atoms. The maximum Gasteiger partial charge on any atom is 0.338 e. The number of benzene rings is 3. The predicted molar refractivity (Wildman–Crippen MR) is 151 cm³/mol. The first-order valence-electron chi connectivity index (χ1n) is 13.2. The number of rotatable bonds is 7. The third-order valence-corrected chi connectivity index (χ3v) is 8.31. The first-order valence-corrected chi connectivity index (χ1v) is 14.0. The average molecular weight is 600 g/mol. The molecule has 0 saturated heterocycles. The van der Waals surface area contributed by atoms with Gasteiger partial charge in [0, 0.05) is 27.7 Å². The molecule has 1 heterocycles. The van der Waals surface area contributed by atoms with Crippen molar-refractivity contribution in [3.05, 3.63) is 104 Å². The van der Waals surface area contributed by atoms with Crippen LogP contribution in [0.1, 0.15) is 75.0 Å². The van der Waals surface area contributed by atoms with Crippen molar-refractivity contribution in [2.24, 2.45) is 5.73 Å². The smallest absolute Gasteiger partial charge is 0.338 e. The summed E-state index contributed by atoms with van der Waals surface area (Å²) in [5.41, 5.74) is 10.3. The predicted octanol–water partition coefficient (Wildman–Crippen LogP) is 5.63. The molecule has 2 aliphatic rings. The molecule has 11 heteroatoms. The van der Waals surface area contributed by atoms with Crippen LogP contribution in [0.4, 0.5) is 4.39 Å². The van der Waals surface area contributed by atoms with Crippen LogP contribution in [0.5, 0.6) is 0 Å². The number of hydrogen-bond acceptors (Lipinski definition) is 5. The Kier molecular flexibility index (Phi) is 8.60. The Labute approximate surface area is 246 Å². The lowest BCUT2D eigenvalue weighted by molar-refractivity contribution is -0.138. The van der Waals surface area contributed by atoms with E-state index in [2.05, 4.69) is 5.48 Å². The van der Waals surface area contributed by atoms with Crippen LogP contribution in [0.2, 0.25) is 10.0 Å². The van der Waals surface area contributed by atoms with Crippen molar-refractivity contribution in [1.29, 1.82) is 0 Å². The molecule has 0 radical (unpaired) electrons. The molecular formula is C30H28Cl2FN3O5. The van der Waals surface area contributed by atoms with Crippen molar-refractivity contribution < 1.29 is 28.7 Å². The zero-order valence-electron chi connectivity index (χ0n) is 21.9. The molecule has 1 fully saturated rings. The Hall–Kier alpha value is -3.50. The number of hydroxylamine groups is 1. The van der Waals surface area contributed by atoms with Gasteiger partial charge in [-0.25, -0.2) is 14.7 Å². The molecule has 0 unspecified atom stereocenters. The van der Waals surface area contributed by atoms with E-state index in [-0.39, 0.29) is 24.6 Å². The fourth-order valence-electron chi connectivity index (χ4n) is 5.84. The molecule has 8 nitrogen and oxygen atoms in total. The van der Waals surface area contributed by atoms with E-state index in [1.807, 2.05) is 0 Å². The molecule has 5 rings (SSSR count). The summed E-state index contributed by atoms with van der Waals surface area (Å²) in [5.74, 6) is -4.01. The second-order valence-electron chi connectivity index (χ2n) is 10.3. The maximum absolute atomic E-state index is 14.1. The lowest BCUT2D eigenvalue weighted by atomic mass is 9.76. The zero-order valence-corrected chi connectivity index (χ0v) is 23.4. The van der Waals surface area contributed by atoms with Gasteiger partial charge in [0.05, 0.1) is 24.1 Å². The quantitative estimate of drug-likeness (QED) is 0.303. The van der Waals surface area contributed by atoms with Crippen LogP contribution in [0.25, 0.3) is 0 Å². The van der Waals surface area contributed by atoms with Crippen LogP contribution in [0, 0.1) is 5.82 Å². The third-order valence-electron chi connectivity index (χ3n) is 7.75. The number of carbonyl (C=O) groups excluding carboxylic acids is 2. The zero-order chi connectivity index (χ0) is 29.3. The van der Waals surface area contributed by atoms with E-state index in [0.717, 1.165) is 31.4 Å². The van der Waals surface area contributed by atoms with E-state index in [1.165, 1.54) is 6.07 Å². The normalized spacial score (nSPS) is 22.2. The number of nitrogens with zero attached hydrogens (tertiary/aromatic N) is 1. The van der Waals surface area contributed by atoms with Crippen molar-refractivity contribution in [3.8, 4) is 0 Å². The first-order chi connectivity index (χ1) is 19.7. The van der Waals surface area contributed by atoms with Crippen molar-refractivity contribution in [2.75, 3.05) is 0 Å². The highest BCUT2D eigenvalue weighted by molar-refractivity contribution is 6.35. The van der Waals surface area contributed by atoms with Gasteiger partial charge in [-0.3, -0.25) is 14.4 Å². The number of carboxylic acids is 1. The Bertz CT molecular complexity index is 1500. The standard InChI is InChI=1S/C30H28Cl2FN3O5/c31-17-10-11-20(22(32)14-17)27-26(28(37)35-41-15-16-9-12-23(33)21(13-16)30(39)40)18-5-1-2-6-19(18)29(38)36(27)25-8-4-3-7-24(25)34/h1-2,5-6,9-14,24-27H,3-4,7-8,15,34H2,(H,35,37)(H,39,40)/t24-,25-,26+,27-/m0/s1. The molecule has 214 valence electrons. The molecular weight excluding hydrogens is 572 g/mol. The van der Waals surface area contributed by atoms with Crippen molar-refractivity contribution in [3.63, 3.8) is 0 Å². The SMILES string of the molecule is N[C@H]1CCCC[C@@H]1N1C(=O)c2ccccc2[C@@H](C(=O)NOCc2ccc(F)c(C(=O)O)c2)[C@@H]1c1ccc(Cl)cc1Cl. The molecule has 1 aliphatic heterocycles. The summed E-state index contributed by atoms with van der Waals surface area (Å²) in [5, 5.41) is 9.92. The summed E-state index contributed by atoms with van der Waals surface area (Å²) in [6.07, 6.45) is 3.26. The summed E-state index contributed by atoms with van der Waals surface area (Å²) < 4.78 is 13.8. The number of carboxylic acid groups (broad SMARTS) is 1. The van der Waals surface area contributed by atoms with Crippen LogP contribution < -0.4 is 11.2 Å². The van der Waals surface area contributed by atoms with Gasteiger partial charge in [-0.2, -0.15) is 0 Å². The number of nitrogens with one attached hydrogen (secondary N) is 1. The topological polar surface area (TPSA) is 122 Å². The highest BCUT2D eigenvalue weighted by Gasteiger charge is 2.48. The maximum atomic E-state index is 14.1. The molecule has 0 bridgehead atoms. The number of amides is 2. The fraction of sp³-hybridized carbons (Fsp3) is 0.300. The molecule has 0 aromatic heterocycles. The lowest BCUT2D eigenvalue weighted by Gasteiger charge is -2.48. The Morgan fingerprint density at radius 3 is 2.54 bits per heavy atom. The van der Waals surface area contributed by atoms with Crippen LogP contribution in [-0.4, -0.2) is 39.9 Å². The minimum absolute atomic E-state index is 0.219. The van der Waals surface area contributed by atoms with Gasteiger partial charge in [0.2, 0.25) is 0 Å². The summed E-state index contributed by atoms with van der Waals surface area (Å²) in [7, 11) is 0. The van der Waals surface area contributed by atoms with E-state index in [0.29, 0.717) is 38.7 Å². The molecule has 3 aromatic rings. The van der Waals surface area contributed by atoms with E-state index in [1.54, 1.807) is 47.4 Å². The van der Waals surface area contributed by atoms with Crippen LogP contribution in [0.3, 0.4) is 0 Å². The molecule has 2 amide bonds.